The number of rotatable bonds is 5. The van der Waals surface area contributed by atoms with Crippen LogP contribution in [0.3, 0.4) is 0 Å². The number of ether oxygens (including phenoxy) is 1. The van der Waals surface area contributed by atoms with E-state index in [1.807, 2.05) is 61.5 Å². The minimum atomic E-state index is -0.287. The molecule has 0 spiro atoms. The number of carbonyl (C=O) groups excluding carboxylic acids is 1. The molecule has 4 heteroatoms. The molecule has 24 heavy (non-hydrogen) atoms. The summed E-state index contributed by atoms with van der Waals surface area (Å²) in [5.74, 6) is 0.382. The molecule has 0 atom stereocenters. The van der Waals surface area contributed by atoms with Crippen LogP contribution in [0.5, 0.6) is 5.75 Å². The van der Waals surface area contributed by atoms with E-state index in [4.69, 9.17) is 4.74 Å². The fourth-order valence-electron chi connectivity index (χ4n) is 2.12. The maximum absolute atomic E-state index is 11.8. The van der Waals surface area contributed by atoms with Crippen molar-refractivity contribution in [3.8, 4) is 5.75 Å². The van der Waals surface area contributed by atoms with Crippen molar-refractivity contribution in [3.63, 3.8) is 0 Å². The second kappa shape index (κ2) is 7.77. The summed E-state index contributed by atoms with van der Waals surface area (Å²) in [6.45, 7) is 8.25. The Labute approximate surface area is 143 Å². The predicted molar refractivity (Wildman–Crippen MR) is 97.4 cm³/mol. The van der Waals surface area contributed by atoms with Crippen LogP contribution in [0.2, 0.25) is 0 Å². The zero-order chi connectivity index (χ0) is 17.6. The van der Waals surface area contributed by atoms with E-state index in [1.165, 1.54) is 5.56 Å². The molecule has 0 aliphatic rings. The molecule has 2 aromatic carbocycles. The number of amides is 1. The van der Waals surface area contributed by atoms with Crippen molar-refractivity contribution in [3.05, 3.63) is 65.7 Å². The van der Waals surface area contributed by atoms with Gasteiger partial charge in [-0.3, -0.25) is 4.79 Å². The van der Waals surface area contributed by atoms with Gasteiger partial charge in [0.25, 0.3) is 5.91 Å². The van der Waals surface area contributed by atoms with Crippen LogP contribution >= 0.6 is 0 Å². The van der Waals surface area contributed by atoms with Crippen LogP contribution in [0, 0.1) is 0 Å². The van der Waals surface area contributed by atoms with E-state index in [1.54, 1.807) is 0 Å². The fourth-order valence-corrected chi connectivity index (χ4v) is 2.12. The first-order valence-corrected chi connectivity index (χ1v) is 7.98. The zero-order valence-corrected chi connectivity index (χ0v) is 14.7. The molecule has 0 fully saturated rings. The standard InChI is InChI=1S/C20H24N2O2/c1-15(16-8-6-5-7-9-16)21-22-19(23)14-24-18-12-10-17(11-13-18)20(2,3)4/h5-13H,14H2,1-4H3,(H,22,23)/b21-15-. The molecule has 4 nitrogen and oxygen atoms in total. The van der Waals surface area contributed by atoms with Gasteiger partial charge in [-0.05, 0) is 35.6 Å². The molecule has 0 radical (unpaired) electrons. The molecule has 2 rings (SSSR count). The van der Waals surface area contributed by atoms with Crippen LogP contribution in [0.4, 0.5) is 0 Å². The molecule has 1 amide bonds. The Morgan fingerprint density at radius 3 is 2.25 bits per heavy atom. The molecular weight excluding hydrogens is 300 g/mol. The van der Waals surface area contributed by atoms with Gasteiger partial charge >= 0.3 is 0 Å². The van der Waals surface area contributed by atoms with Crippen LogP contribution < -0.4 is 10.2 Å². The van der Waals surface area contributed by atoms with Crippen LogP contribution in [0.15, 0.2) is 59.7 Å². The Morgan fingerprint density at radius 1 is 1.04 bits per heavy atom. The van der Waals surface area contributed by atoms with Crippen molar-refractivity contribution >= 4 is 11.6 Å². The Balaban J connectivity index is 1.85. The lowest BCUT2D eigenvalue weighted by Gasteiger charge is -2.19. The number of nitrogens with zero attached hydrogens (tertiary/aromatic N) is 1. The highest BCUT2D eigenvalue weighted by Crippen LogP contribution is 2.24. The lowest BCUT2D eigenvalue weighted by Crippen LogP contribution is -2.25. The molecule has 0 saturated heterocycles. The van der Waals surface area contributed by atoms with Crippen molar-refractivity contribution in [2.24, 2.45) is 5.10 Å². The summed E-state index contributed by atoms with van der Waals surface area (Å²) in [6.07, 6.45) is 0. The van der Waals surface area contributed by atoms with E-state index in [0.29, 0.717) is 5.75 Å². The third kappa shape index (κ3) is 5.23. The van der Waals surface area contributed by atoms with Crippen molar-refractivity contribution in [1.29, 1.82) is 0 Å². The number of carbonyl (C=O) groups is 1. The maximum atomic E-state index is 11.8. The first kappa shape index (κ1) is 17.7. The summed E-state index contributed by atoms with van der Waals surface area (Å²) in [5.41, 5.74) is 5.55. The quantitative estimate of drug-likeness (QED) is 0.670. The van der Waals surface area contributed by atoms with E-state index >= 15 is 0 Å². The highest BCUT2D eigenvalue weighted by molar-refractivity contribution is 5.99. The highest BCUT2D eigenvalue weighted by Gasteiger charge is 2.13. The van der Waals surface area contributed by atoms with Crippen LogP contribution in [-0.2, 0) is 10.2 Å². The molecule has 0 aromatic heterocycles. The molecule has 0 unspecified atom stereocenters. The highest BCUT2D eigenvalue weighted by atomic mass is 16.5. The van der Waals surface area contributed by atoms with Gasteiger partial charge in [-0.1, -0.05) is 63.2 Å². The van der Waals surface area contributed by atoms with Crippen LogP contribution in [0.25, 0.3) is 0 Å². The fraction of sp³-hybridized carbons (Fsp3) is 0.300. The molecule has 0 bridgehead atoms. The summed E-state index contributed by atoms with van der Waals surface area (Å²) >= 11 is 0. The molecule has 1 N–H and O–H groups in total. The predicted octanol–water partition coefficient (Wildman–Crippen LogP) is 3.90. The minimum absolute atomic E-state index is 0.0690. The van der Waals surface area contributed by atoms with Crippen molar-refractivity contribution in [1.82, 2.24) is 5.43 Å². The van der Waals surface area contributed by atoms with E-state index < -0.39 is 0 Å². The molecular formula is C20H24N2O2. The van der Waals surface area contributed by atoms with Gasteiger partial charge in [0.1, 0.15) is 5.75 Å². The van der Waals surface area contributed by atoms with Gasteiger partial charge in [-0.15, -0.1) is 0 Å². The van der Waals surface area contributed by atoms with Gasteiger partial charge in [0.2, 0.25) is 0 Å². The monoisotopic (exact) mass is 324 g/mol. The molecule has 0 saturated carbocycles. The SMILES string of the molecule is C/C(=N/NC(=O)COc1ccc(C(C)(C)C)cc1)c1ccccc1. The lowest BCUT2D eigenvalue weighted by atomic mass is 9.87. The smallest absolute Gasteiger partial charge is 0.277 e. The Morgan fingerprint density at radius 2 is 1.67 bits per heavy atom. The molecule has 2 aromatic rings. The van der Waals surface area contributed by atoms with Crippen molar-refractivity contribution in [2.75, 3.05) is 6.61 Å². The van der Waals surface area contributed by atoms with E-state index in [0.717, 1.165) is 11.3 Å². The van der Waals surface area contributed by atoms with E-state index in [9.17, 15) is 4.79 Å². The summed E-state index contributed by atoms with van der Waals surface area (Å²) < 4.78 is 5.49. The number of hydrogen-bond donors (Lipinski definition) is 1. The lowest BCUT2D eigenvalue weighted by molar-refractivity contribution is -0.123. The van der Waals surface area contributed by atoms with Crippen molar-refractivity contribution < 1.29 is 9.53 Å². The first-order valence-electron chi connectivity index (χ1n) is 7.98. The Kier molecular flexibility index (Phi) is 5.74. The van der Waals surface area contributed by atoms with Crippen molar-refractivity contribution in [2.45, 2.75) is 33.1 Å². The van der Waals surface area contributed by atoms with Gasteiger partial charge in [0.05, 0.1) is 5.71 Å². The Bertz CT molecular complexity index is 699. The Hall–Kier alpha value is -2.62. The summed E-state index contributed by atoms with van der Waals surface area (Å²) in [6, 6.07) is 17.5. The zero-order valence-electron chi connectivity index (χ0n) is 14.7. The number of nitrogens with one attached hydrogen (secondary N) is 1. The topological polar surface area (TPSA) is 50.7 Å². The third-order valence-corrected chi connectivity index (χ3v) is 3.63. The number of hydrazone groups is 1. The first-order chi connectivity index (χ1) is 11.4. The third-order valence-electron chi connectivity index (χ3n) is 3.63. The van der Waals surface area contributed by atoms with Crippen LogP contribution in [0.1, 0.15) is 38.8 Å². The van der Waals surface area contributed by atoms with Gasteiger partial charge < -0.3 is 4.74 Å². The molecule has 0 aliphatic heterocycles. The summed E-state index contributed by atoms with van der Waals surface area (Å²) in [5, 5.41) is 4.09. The van der Waals surface area contributed by atoms with Crippen LogP contribution in [-0.4, -0.2) is 18.2 Å². The van der Waals surface area contributed by atoms with Gasteiger partial charge in [-0.2, -0.15) is 5.10 Å². The second-order valence-corrected chi connectivity index (χ2v) is 6.66. The van der Waals surface area contributed by atoms with E-state index in [-0.39, 0.29) is 17.9 Å². The minimum Gasteiger partial charge on any atom is -0.484 e. The van der Waals surface area contributed by atoms with Gasteiger partial charge in [0.15, 0.2) is 6.61 Å². The number of hydrogen-bond acceptors (Lipinski definition) is 3. The van der Waals surface area contributed by atoms with Gasteiger partial charge in [0, 0.05) is 0 Å². The molecule has 0 heterocycles. The summed E-state index contributed by atoms with van der Waals surface area (Å²) in [7, 11) is 0. The molecule has 126 valence electrons. The maximum Gasteiger partial charge on any atom is 0.277 e. The average Bonchev–Trinajstić information content (AvgIpc) is 2.58. The number of benzene rings is 2. The normalized spacial score (nSPS) is 11.9. The van der Waals surface area contributed by atoms with Gasteiger partial charge in [-0.25, -0.2) is 5.43 Å². The summed E-state index contributed by atoms with van der Waals surface area (Å²) in [4.78, 5) is 11.8. The second-order valence-electron chi connectivity index (χ2n) is 6.66. The average molecular weight is 324 g/mol. The largest absolute Gasteiger partial charge is 0.484 e. The van der Waals surface area contributed by atoms with E-state index in [2.05, 4.69) is 31.3 Å². The molecule has 0 aliphatic carbocycles.